The second-order valence-electron chi connectivity index (χ2n) is 4.27. The molecule has 1 fully saturated rings. The van der Waals surface area contributed by atoms with Crippen LogP contribution in [0.3, 0.4) is 0 Å². The number of aromatic nitrogens is 1. The van der Waals surface area contributed by atoms with Gasteiger partial charge in [0.2, 0.25) is 5.78 Å². The molecule has 0 N–H and O–H groups in total. The van der Waals surface area contributed by atoms with Crippen LogP contribution >= 0.6 is 0 Å². The molecular weight excluding hydrogens is 254 g/mol. The van der Waals surface area contributed by atoms with Crippen LogP contribution in [0.4, 0.5) is 0 Å². The predicted octanol–water partition coefficient (Wildman–Crippen LogP) is 1.24. The van der Waals surface area contributed by atoms with Crippen molar-refractivity contribution in [2.75, 3.05) is 12.9 Å². The Kier molecular flexibility index (Phi) is 3.65. The van der Waals surface area contributed by atoms with E-state index in [0.29, 0.717) is 18.6 Å². The van der Waals surface area contributed by atoms with Crippen molar-refractivity contribution in [3.8, 4) is 5.75 Å². The molecule has 1 unspecified atom stereocenters. The molecule has 98 valence electrons. The number of Topliss-reactive ketones (excluding diaryl/α,β-unsaturated/α-hetero) is 1. The summed E-state index contributed by atoms with van der Waals surface area (Å²) in [5, 5.41) is -0.963. The highest BCUT2D eigenvalue weighted by molar-refractivity contribution is 7.92. The number of ether oxygens (including phenoxy) is 1. The van der Waals surface area contributed by atoms with Crippen LogP contribution < -0.4 is 4.74 Å². The minimum Gasteiger partial charge on any atom is -0.494 e. The number of hydrogen-bond donors (Lipinski definition) is 0. The third-order valence-electron chi connectivity index (χ3n) is 3.10. The molecule has 1 aliphatic rings. The third-order valence-corrected chi connectivity index (χ3v) is 5.27. The van der Waals surface area contributed by atoms with Gasteiger partial charge in [-0.15, -0.1) is 0 Å². The average Bonchev–Trinajstić information content (AvgIpc) is 2.37. The van der Waals surface area contributed by atoms with Crippen molar-refractivity contribution in [1.82, 2.24) is 4.98 Å². The number of ketones is 1. The Morgan fingerprint density at radius 2 is 2.22 bits per heavy atom. The summed E-state index contributed by atoms with van der Waals surface area (Å²) in [5.74, 6) is -0.0473. The van der Waals surface area contributed by atoms with Gasteiger partial charge in [0.15, 0.2) is 9.84 Å². The molecule has 5 nitrogen and oxygen atoms in total. The van der Waals surface area contributed by atoms with E-state index in [1.807, 2.05) is 0 Å². The normalized spacial score (nSPS) is 22.4. The van der Waals surface area contributed by atoms with Crippen LogP contribution in [-0.2, 0) is 9.84 Å². The smallest absolute Gasteiger partial charge is 0.203 e. The van der Waals surface area contributed by atoms with Gasteiger partial charge in [-0.25, -0.2) is 13.4 Å². The standard InChI is InChI=1S/C12H15NO4S/c1-17-9-5-4-7-13-11(9)12(14)10-6-2-3-8-18(10,15)16/h4-5,7,10H,2-3,6,8H2,1H3. The summed E-state index contributed by atoms with van der Waals surface area (Å²) < 4.78 is 28.9. The molecule has 0 spiro atoms. The maximum Gasteiger partial charge on any atom is 0.203 e. The van der Waals surface area contributed by atoms with E-state index in [9.17, 15) is 13.2 Å². The van der Waals surface area contributed by atoms with Crippen LogP contribution in [0.25, 0.3) is 0 Å². The maximum absolute atomic E-state index is 12.3. The van der Waals surface area contributed by atoms with Gasteiger partial charge < -0.3 is 4.74 Å². The van der Waals surface area contributed by atoms with Crippen molar-refractivity contribution in [2.24, 2.45) is 0 Å². The molecule has 1 aromatic rings. The zero-order valence-corrected chi connectivity index (χ0v) is 10.9. The van der Waals surface area contributed by atoms with E-state index in [4.69, 9.17) is 4.74 Å². The van der Waals surface area contributed by atoms with Crippen molar-refractivity contribution in [3.05, 3.63) is 24.0 Å². The Balaban J connectivity index is 2.36. The van der Waals surface area contributed by atoms with Crippen molar-refractivity contribution < 1.29 is 17.9 Å². The summed E-state index contributed by atoms with van der Waals surface area (Å²) in [5.41, 5.74) is 0.107. The molecule has 2 heterocycles. The Morgan fingerprint density at radius 1 is 1.44 bits per heavy atom. The summed E-state index contributed by atoms with van der Waals surface area (Å²) in [6, 6.07) is 3.25. The Labute approximate surface area is 106 Å². The minimum atomic E-state index is -3.34. The molecule has 1 saturated heterocycles. The minimum absolute atomic E-state index is 0.0819. The molecule has 0 amide bonds. The van der Waals surface area contributed by atoms with E-state index >= 15 is 0 Å². The van der Waals surface area contributed by atoms with Crippen LogP contribution in [0.2, 0.25) is 0 Å². The lowest BCUT2D eigenvalue weighted by atomic mass is 10.1. The van der Waals surface area contributed by atoms with Crippen LogP contribution in [0.15, 0.2) is 18.3 Å². The fourth-order valence-corrected chi connectivity index (χ4v) is 4.00. The lowest BCUT2D eigenvalue weighted by molar-refractivity contribution is 0.0973. The monoisotopic (exact) mass is 269 g/mol. The van der Waals surface area contributed by atoms with E-state index in [1.165, 1.54) is 13.3 Å². The average molecular weight is 269 g/mol. The molecule has 1 aromatic heterocycles. The molecule has 18 heavy (non-hydrogen) atoms. The molecule has 1 atom stereocenters. The predicted molar refractivity (Wildman–Crippen MR) is 66.5 cm³/mol. The van der Waals surface area contributed by atoms with Gasteiger partial charge in [0, 0.05) is 6.20 Å². The molecular formula is C12H15NO4S. The summed E-state index contributed by atoms with van der Waals surface area (Å²) >= 11 is 0. The summed E-state index contributed by atoms with van der Waals surface area (Å²) in [6.45, 7) is 0. The highest BCUT2D eigenvalue weighted by Crippen LogP contribution is 2.25. The number of carbonyl (C=O) groups excluding carboxylic acids is 1. The second kappa shape index (κ2) is 5.06. The van der Waals surface area contributed by atoms with Gasteiger partial charge in [-0.2, -0.15) is 0 Å². The van der Waals surface area contributed by atoms with Crippen LogP contribution in [-0.4, -0.2) is 37.3 Å². The van der Waals surface area contributed by atoms with Crippen molar-refractivity contribution >= 4 is 15.6 Å². The van der Waals surface area contributed by atoms with E-state index in [2.05, 4.69) is 4.98 Å². The highest BCUT2D eigenvalue weighted by Gasteiger charge is 2.36. The Hall–Kier alpha value is -1.43. The van der Waals surface area contributed by atoms with Crippen molar-refractivity contribution in [3.63, 3.8) is 0 Å². The van der Waals surface area contributed by atoms with Gasteiger partial charge in [0.05, 0.1) is 12.9 Å². The van der Waals surface area contributed by atoms with Crippen LogP contribution in [0.5, 0.6) is 5.75 Å². The topological polar surface area (TPSA) is 73.3 Å². The number of pyridine rings is 1. The lowest BCUT2D eigenvalue weighted by Gasteiger charge is -2.21. The zero-order valence-electron chi connectivity index (χ0n) is 10.1. The number of hydrogen-bond acceptors (Lipinski definition) is 5. The quantitative estimate of drug-likeness (QED) is 0.772. The molecule has 0 radical (unpaired) electrons. The van der Waals surface area contributed by atoms with Gasteiger partial charge in [0.1, 0.15) is 16.7 Å². The Bertz CT molecular complexity index is 553. The first kappa shape index (κ1) is 13.0. The molecule has 6 heteroatoms. The van der Waals surface area contributed by atoms with Gasteiger partial charge >= 0.3 is 0 Å². The number of rotatable bonds is 3. The highest BCUT2D eigenvalue weighted by atomic mass is 32.2. The van der Waals surface area contributed by atoms with Gasteiger partial charge in [-0.1, -0.05) is 6.42 Å². The number of sulfone groups is 1. The summed E-state index contributed by atoms with van der Waals surface area (Å²) in [6.07, 6.45) is 3.22. The first-order chi connectivity index (χ1) is 8.56. The largest absolute Gasteiger partial charge is 0.494 e. The molecule has 0 aromatic carbocycles. The van der Waals surface area contributed by atoms with Crippen LogP contribution in [0, 0.1) is 0 Å². The van der Waals surface area contributed by atoms with E-state index in [0.717, 1.165) is 6.42 Å². The van der Waals surface area contributed by atoms with Gasteiger partial charge in [-0.05, 0) is 25.0 Å². The fraction of sp³-hybridized carbons (Fsp3) is 0.500. The Morgan fingerprint density at radius 3 is 2.89 bits per heavy atom. The molecule has 0 saturated carbocycles. The first-order valence-electron chi connectivity index (χ1n) is 5.81. The van der Waals surface area contributed by atoms with Gasteiger partial charge in [0.25, 0.3) is 0 Å². The molecule has 1 aliphatic heterocycles. The molecule has 0 bridgehead atoms. The van der Waals surface area contributed by atoms with E-state index in [1.54, 1.807) is 12.1 Å². The number of carbonyl (C=O) groups is 1. The van der Waals surface area contributed by atoms with Gasteiger partial charge in [-0.3, -0.25) is 4.79 Å². The third kappa shape index (κ3) is 2.38. The van der Waals surface area contributed by atoms with Crippen molar-refractivity contribution in [2.45, 2.75) is 24.5 Å². The van der Waals surface area contributed by atoms with Crippen LogP contribution in [0.1, 0.15) is 29.8 Å². The molecule has 2 rings (SSSR count). The zero-order chi connectivity index (χ0) is 13.2. The molecule has 0 aliphatic carbocycles. The second-order valence-corrected chi connectivity index (χ2v) is 6.57. The lowest BCUT2D eigenvalue weighted by Crippen LogP contribution is -2.36. The SMILES string of the molecule is COc1cccnc1C(=O)C1CCCCS1(=O)=O. The number of nitrogens with zero attached hydrogens (tertiary/aromatic N) is 1. The summed E-state index contributed by atoms with van der Waals surface area (Å²) in [4.78, 5) is 16.2. The van der Waals surface area contributed by atoms with E-state index in [-0.39, 0.29) is 11.4 Å². The maximum atomic E-state index is 12.3. The number of methoxy groups -OCH3 is 1. The van der Waals surface area contributed by atoms with Crippen molar-refractivity contribution in [1.29, 1.82) is 0 Å². The fourth-order valence-electron chi connectivity index (χ4n) is 2.14. The summed E-state index contributed by atoms with van der Waals surface area (Å²) in [7, 11) is -1.91. The van der Waals surface area contributed by atoms with E-state index < -0.39 is 20.9 Å². The first-order valence-corrected chi connectivity index (χ1v) is 7.52.